The van der Waals surface area contributed by atoms with Crippen molar-refractivity contribution in [3.05, 3.63) is 58.9 Å². The Morgan fingerprint density at radius 1 is 1.29 bits per heavy atom. The highest BCUT2D eigenvalue weighted by Crippen LogP contribution is 2.21. The summed E-state index contributed by atoms with van der Waals surface area (Å²) in [4.78, 5) is 14.0. The van der Waals surface area contributed by atoms with Gasteiger partial charge < -0.3 is 4.98 Å². The number of nitrogens with zero attached hydrogens (tertiary/aromatic N) is 2. The third kappa shape index (κ3) is 1.52. The fraction of sp³-hybridized carbons (Fsp3) is 0. The fourth-order valence-electron chi connectivity index (χ4n) is 1.74. The smallest absolute Gasteiger partial charge is 0.273 e. The number of benzene rings is 1. The Morgan fingerprint density at radius 2 is 2.12 bits per heavy atom. The van der Waals surface area contributed by atoms with E-state index in [-0.39, 0.29) is 11.4 Å². The molecule has 0 aliphatic rings. The molecule has 1 aromatic carbocycles. The Morgan fingerprint density at radius 3 is 2.88 bits per heavy atom. The van der Waals surface area contributed by atoms with Crippen LogP contribution in [0.1, 0.15) is 0 Å². The molecule has 0 aliphatic heterocycles. The van der Waals surface area contributed by atoms with Crippen LogP contribution in [0.3, 0.4) is 0 Å². The molecule has 4 nitrogen and oxygen atoms in total. The standard InChI is InChI=1S/C12H8FN3O/c13-9-4-2-1-3-8(9)10-7-11-12(17)14-5-6-16(11)15-10/h1-7H,(H,14,17). The van der Waals surface area contributed by atoms with Crippen LogP contribution < -0.4 is 5.56 Å². The molecule has 0 saturated heterocycles. The number of aromatic amines is 1. The van der Waals surface area contributed by atoms with Gasteiger partial charge in [-0.05, 0) is 18.2 Å². The second-order valence-electron chi connectivity index (χ2n) is 3.63. The maximum absolute atomic E-state index is 13.6. The van der Waals surface area contributed by atoms with Gasteiger partial charge in [-0.25, -0.2) is 8.91 Å². The average molecular weight is 229 g/mol. The van der Waals surface area contributed by atoms with Crippen molar-refractivity contribution >= 4 is 5.52 Å². The van der Waals surface area contributed by atoms with Crippen molar-refractivity contribution < 1.29 is 4.39 Å². The van der Waals surface area contributed by atoms with E-state index < -0.39 is 0 Å². The third-order valence-electron chi connectivity index (χ3n) is 2.55. The second kappa shape index (κ2) is 3.55. The zero-order chi connectivity index (χ0) is 11.8. The summed E-state index contributed by atoms with van der Waals surface area (Å²) in [5.74, 6) is -0.354. The van der Waals surface area contributed by atoms with E-state index in [1.807, 2.05) is 0 Å². The molecule has 2 heterocycles. The van der Waals surface area contributed by atoms with Crippen LogP contribution in [0.15, 0.2) is 47.5 Å². The Bertz CT molecular complexity index is 745. The molecule has 0 amide bonds. The first-order valence-electron chi connectivity index (χ1n) is 5.08. The highest BCUT2D eigenvalue weighted by molar-refractivity contribution is 5.65. The summed E-state index contributed by atoms with van der Waals surface area (Å²) >= 11 is 0. The second-order valence-corrected chi connectivity index (χ2v) is 3.63. The van der Waals surface area contributed by atoms with E-state index in [1.165, 1.54) is 16.8 Å². The monoisotopic (exact) mass is 229 g/mol. The number of hydrogen-bond acceptors (Lipinski definition) is 2. The molecular formula is C12H8FN3O. The number of aromatic nitrogens is 3. The predicted octanol–water partition coefficient (Wildman–Crippen LogP) is 1.83. The summed E-state index contributed by atoms with van der Waals surface area (Å²) in [6, 6.07) is 7.90. The lowest BCUT2D eigenvalue weighted by Gasteiger charge is -1.96. The van der Waals surface area contributed by atoms with Gasteiger partial charge in [0.1, 0.15) is 11.3 Å². The van der Waals surface area contributed by atoms with E-state index in [2.05, 4.69) is 10.1 Å². The van der Waals surface area contributed by atoms with Crippen molar-refractivity contribution in [1.29, 1.82) is 0 Å². The third-order valence-corrected chi connectivity index (χ3v) is 2.55. The van der Waals surface area contributed by atoms with Crippen molar-refractivity contribution in [2.75, 3.05) is 0 Å². The highest BCUT2D eigenvalue weighted by atomic mass is 19.1. The quantitative estimate of drug-likeness (QED) is 0.692. The summed E-state index contributed by atoms with van der Waals surface area (Å²) in [6.45, 7) is 0. The number of rotatable bonds is 1. The van der Waals surface area contributed by atoms with E-state index in [9.17, 15) is 9.18 Å². The van der Waals surface area contributed by atoms with E-state index in [0.29, 0.717) is 16.8 Å². The summed E-state index contributed by atoms with van der Waals surface area (Å²) < 4.78 is 15.0. The predicted molar refractivity (Wildman–Crippen MR) is 61.2 cm³/mol. The molecular weight excluding hydrogens is 221 g/mol. The Balaban J connectivity index is 2.30. The largest absolute Gasteiger partial charge is 0.326 e. The van der Waals surface area contributed by atoms with Crippen molar-refractivity contribution in [3.8, 4) is 11.3 Å². The fourth-order valence-corrected chi connectivity index (χ4v) is 1.74. The maximum atomic E-state index is 13.6. The normalized spacial score (nSPS) is 10.9. The van der Waals surface area contributed by atoms with Gasteiger partial charge in [0.15, 0.2) is 0 Å². The van der Waals surface area contributed by atoms with Gasteiger partial charge >= 0.3 is 0 Å². The van der Waals surface area contributed by atoms with Crippen LogP contribution in [-0.4, -0.2) is 14.6 Å². The molecule has 0 aliphatic carbocycles. The van der Waals surface area contributed by atoms with Crippen molar-refractivity contribution in [3.63, 3.8) is 0 Å². The van der Waals surface area contributed by atoms with Gasteiger partial charge in [-0.1, -0.05) is 12.1 Å². The maximum Gasteiger partial charge on any atom is 0.273 e. The van der Waals surface area contributed by atoms with Crippen LogP contribution in [0.2, 0.25) is 0 Å². The summed E-state index contributed by atoms with van der Waals surface area (Å²) in [7, 11) is 0. The lowest BCUT2D eigenvalue weighted by molar-refractivity contribution is 0.630. The molecule has 3 rings (SSSR count). The number of H-pyrrole nitrogens is 1. The minimum Gasteiger partial charge on any atom is -0.326 e. The Kier molecular flexibility index (Phi) is 2.04. The van der Waals surface area contributed by atoms with Crippen LogP contribution in [0.25, 0.3) is 16.8 Å². The molecule has 0 fully saturated rings. The summed E-state index contributed by atoms with van der Waals surface area (Å²) in [6.07, 6.45) is 3.11. The molecule has 1 N–H and O–H groups in total. The molecule has 0 saturated carbocycles. The van der Waals surface area contributed by atoms with Gasteiger partial charge in [0.2, 0.25) is 0 Å². The van der Waals surface area contributed by atoms with Gasteiger partial charge in [-0.15, -0.1) is 0 Å². The molecule has 0 radical (unpaired) electrons. The van der Waals surface area contributed by atoms with Crippen molar-refractivity contribution in [1.82, 2.24) is 14.6 Å². The number of halogens is 1. The molecule has 84 valence electrons. The van der Waals surface area contributed by atoms with E-state index in [4.69, 9.17) is 0 Å². The summed E-state index contributed by atoms with van der Waals surface area (Å²) in [5, 5.41) is 4.16. The van der Waals surface area contributed by atoms with Crippen molar-refractivity contribution in [2.45, 2.75) is 0 Å². The zero-order valence-corrected chi connectivity index (χ0v) is 8.72. The van der Waals surface area contributed by atoms with Gasteiger partial charge in [0.05, 0.1) is 5.69 Å². The Hall–Kier alpha value is -2.43. The first kappa shape index (κ1) is 9.77. The minimum atomic E-state index is -0.354. The first-order valence-corrected chi connectivity index (χ1v) is 5.08. The van der Waals surface area contributed by atoms with E-state index in [0.717, 1.165) is 0 Å². The summed E-state index contributed by atoms with van der Waals surface area (Å²) in [5.41, 5.74) is 0.976. The first-order chi connectivity index (χ1) is 8.25. The Labute approximate surface area is 95.3 Å². The molecule has 0 spiro atoms. The van der Waals surface area contributed by atoms with Crippen LogP contribution in [0.4, 0.5) is 4.39 Å². The van der Waals surface area contributed by atoms with Gasteiger partial charge in [-0.3, -0.25) is 4.79 Å². The molecule has 0 unspecified atom stereocenters. The molecule has 0 bridgehead atoms. The molecule has 2 aromatic heterocycles. The van der Waals surface area contributed by atoms with E-state index >= 15 is 0 Å². The van der Waals surface area contributed by atoms with Gasteiger partial charge in [-0.2, -0.15) is 5.10 Å². The highest BCUT2D eigenvalue weighted by Gasteiger charge is 2.09. The van der Waals surface area contributed by atoms with Crippen LogP contribution in [-0.2, 0) is 0 Å². The van der Waals surface area contributed by atoms with E-state index in [1.54, 1.807) is 30.5 Å². The van der Waals surface area contributed by atoms with Gasteiger partial charge in [0, 0.05) is 18.0 Å². The number of hydrogen-bond donors (Lipinski definition) is 1. The minimum absolute atomic E-state index is 0.248. The molecule has 5 heteroatoms. The lowest BCUT2D eigenvalue weighted by atomic mass is 10.1. The average Bonchev–Trinajstić information content (AvgIpc) is 2.75. The zero-order valence-electron chi connectivity index (χ0n) is 8.72. The van der Waals surface area contributed by atoms with Crippen LogP contribution in [0, 0.1) is 5.82 Å². The van der Waals surface area contributed by atoms with Crippen molar-refractivity contribution in [2.24, 2.45) is 0 Å². The number of fused-ring (bicyclic) bond motifs is 1. The van der Waals surface area contributed by atoms with Gasteiger partial charge in [0.25, 0.3) is 5.56 Å². The van der Waals surface area contributed by atoms with Crippen LogP contribution in [0.5, 0.6) is 0 Å². The SMILES string of the molecule is O=c1[nH]ccn2nc(-c3ccccc3F)cc12. The molecule has 0 atom stereocenters. The topological polar surface area (TPSA) is 50.2 Å². The molecule has 17 heavy (non-hydrogen) atoms. The molecule has 3 aromatic rings. The lowest BCUT2D eigenvalue weighted by Crippen LogP contribution is -2.07. The van der Waals surface area contributed by atoms with Crippen LogP contribution >= 0.6 is 0 Å². The number of nitrogens with one attached hydrogen (secondary N) is 1.